The molecule has 2 N–H and O–H groups in total. The Kier molecular flexibility index (Phi) is 5.77. The summed E-state index contributed by atoms with van der Waals surface area (Å²) >= 11 is 0. The van der Waals surface area contributed by atoms with Crippen LogP contribution < -0.4 is 20.1 Å². The summed E-state index contributed by atoms with van der Waals surface area (Å²) in [5, 5.41) is 6.59. The summed E-state index contributed by atoms with van der Waals surface area (Å²) in [6.45, 7) is 8.97. The Labute approximate surface area is 178 Å². The number of para-hydroxylation sites is 1. The van der Waals surface area contributed by atoms with Crippen molar-refractivity contribution >= 4 is 11.9 Å². The molecule has 8 heteroatoms. The van der Waals surface area contributed by atoms with E-state index in [2.05, 4.69) is 38.3 Å². The number of carbonyl (C=O) groups excluding carboxylic acids is 2. The molecule has 0 unspecified atom stereocenters. The predicted octanol–water partition coefficient (Wildman–Crippen LogP) is 2.32. The van der Waals surface area contributed by atoms with E-state index < -0.39 is 5.54 Å². The number of imide groups is 1. The third-order valence-electron chi connectivity index (χ3n) is 5.72. The van der Waals surface area contributed by atoms with Crippen LogP contribution in [0.3, 0.4) is 0 Å². The first kappa shape index (κ1) is 22.4. The third kappa shape index (κ3) is 4.25. The lowest BCUT2D eigenvalue weighted by atomic mass is 9.71. The van der Waals surface area contributed by atoms with Gasteiger partial charge in [0.05, 0.1) is 20.9 Å². The molecular weight excluding hydrogens is 384 g/mol. The Bertz CT molecular complexity index is 820. The molecule has 3 amide bonds. The number of amides is 3. The molecule has 0 bridgehead atoms. The van der Waals surface area contributed by atoms with Crippen LogP contribution in [0.2, 0.25) is 0 Å². The number of urea groups is 1. The van der Waals surface area contributed by atoms with Gasteiger partial charge in [-0.3, -0.25) is 9.69 Å². The molecule has 1 spiro atoms. The van der Waals surface area contributed by atoms with E-state index >= 15 is 0 Å². The summed E-state index contributed by atoms with van der Waals surface area (Å²) in [5.74, 6) is 1.15. The van der Waals surface area contributed by atoms with E-state index in [1.807, 2.05) is 30.1 Å². The Morgan fingerprint density at radius 2 is 1.70 bits per heavy atom. The quantitative estimate of drug-likeness (QED) is 0.690. The average molecular weight is 419 g/mol. The second kappa shape index (κ2) is 7.74. The molecule has 8 nitrogen and oxygen atoms in total. The van der Waals surface area contributed by atoms with Gasteiger partial charge in [-0.25, -0.2) is 9.69 Å². The highest BCUT2D eigenvalue weighted by atomic mass is 16.5. The normalized spacial score (nSPS) is 21.8. The first-order valence-electron chi connectivity index (χ1n) is 10.2. The number of hydrogen-bond acceptors (Lipinski definition) is 6. The van der Waals surface area contributed by atoms with Crippen LogP contribution in [0.1, 0.15) is 46.1 Å². The Morgan fingerprint density at radius 1 is 1.07 bits per heavy atom. The predicted molar refractivity (Wildman–Crippen MR) is 115 cm³/mol. The van der Waals surface area contributed by atoms with Crippen molar-refractivity contribution in [2.45, 2.75) is 63.7 Å². The fourth-order valence-corrected chi connectivity index (χ4v) is 5.28. The zero-order valence-corrected chi connectivity index (χ0v) is 19.1. The molecule has 166 valence electrons. The molecular formula is C22H34N4O4. The van der Waals surface area contributed by atoms with Crippen LogP contribution in [0.4, 0.5) is 4.79 Å². The molecule has 2 saturated heterocycles. The first-order chi connectivity index (χ1) is 13.9. The molecule has 0 atom stereocenters. The van der Waals surface area contributed by atoms with Gasteiger partial charge < -0.3 is 20.1 Å². The van der Waals surface area contributed by atoms with Crippen molar-refractivity contribution in [3.8, 4) is 11.5 Å². The zero-order chi connectivity index (χ0) is 22.3. The van der Waals surface area contributed by atoms with Crippen molar-refractivity contribution in [3.63, 3.8) is 0 Å². The Hall–Kier alpha value is -2.32. The van der Waals surface area contributed by atoms with Gasteiger partial charge in [-0.05, 0) is 53.7 Å². The third-order valence-corrected chi connectivity index (χ3v) is 5.72. The van der Waals surface area contributed by atoms with Crippen molar-refractivity contribution in [2.75, 3.05) is 27.9 Å². The number of piperidine rings is 1. The van der Waals surface area contributed by atoms with Gasteiger partial charge in [-0.15, -0.1) is 0 Å². The van der Waals surface area contributed by atoms with E-state index in [1.54, 1.807) is 14.2 Å². The number of nitrogens with one attached hydrogen (secondary N) is 2. The molecule has 2 aliphatic rings. The highest BCUT2D eigenvalue weighted by molar-refractivity contribution is 6.07. The van der Waals surface area contributed by atoms with E-state index in [-0.39, 0.29) is 29.7 Å². The minimum Gasteiger partial charge on any atom is -0.493 e. The van der Waals surface area contributed by atoms with Gasteiger partial charge in [-0.2, -0.15) is 0 Å². The van der Waals surface area contributed by atoms with Crippen LogP contribution in [0.25, 0.3) is 0 Å². The minimum absolute atomic E-state index is 0.153. The van der Waals surface area contributed by atoms with E-state index in [4.69, 9.17) is 9.47 Å². The van der Waals surface area contributed by atoms with Crippen LogP contribution in [-0.4, -0.2) is 66.3 Å². The lowest BCUT2D eigenvalue weighted by molar-refractivity contribution is -0.136. The maximum atomic E-state index is 13.4. The lowest BCUT2D eigenvalue weighted by Gasteiger charge is -2.50. The van der Waals surface area contributed by atoms with E-state index in [1.165, 1.54) is 4.90 Å². The van der Waals surface area contributed by atoms with Gasteiger partial charge in [0, 0.05) is 23.2 Å². The topological polar surface area (TPSA) is 83.1 Å². The molecule has 30 heavy (non-hydrogen) atoms. The van der Waals surface area contributed by atoms with Gasteiger partial charge >= 0.3 is 6.03 Å². The second-order valence-corrected chi connectivity index (χ2v) is 9.80. The molecule has 2 aliphatic heterocycles. The molecule has 0 aliphatic carbocycles. The van der Waals surface area contributed by atoms with Gasteiger partial charge in [-0.1, -0.05) is 12.1 Å². The molecule has 1 aromatic rings. The lowest BCUT2D eigenvalue weighted by Crippen LogP contribution is -2.68. The van der Waals surface area contributed by atoms with Crippen LogP contribution in [0.5, 0.6) is 11.5 Å². The van der Waals surface area contributed by atoms with Crippen LogP contribution >= 0.6 is 0 Å². The zero-order valence-electron chi connectivity index (χ0n) is 19.1. The number of carbonyl (C=O) groups is 2. The van der Waals surface area contributed by atoms with E-state index in [0.29, 0.717) is 30.9 Å². The first-order valence-corrected chi connectivity index (χ1v) is 10.2. The second-order valence-electron chi connectivity index (χ2n) is 9.80. The molecule has 1 aromatic carbocycles. The summed E-state index contributed by atoms with van der Waals surface area (Å²) in [6, 6.07) is 5.34. The molecule has 0 radical (unpaired) electrons. The van der Waals surface area contributed by atoms with Gasteiger partial charge in [0.25, 0.3) is 5.91 Å². The number of rotatable bonds is 6. The molecule has 3 rings (SSSR count). The summed E-state index contributed by atoms with van der Waals surface area (Å²) in [6.07, 6.45) is 1.11. The van der Waals surface area contributed by atoms with Crippen molar-refractivity contribution in [3.05, 3.63) is 23.8 Å². The standard InChI is InChI=1S/C22H34N4O4/c1-20(2)12-22(13-21(3,4)24-20)18(27)26(19(28)23-22)14-25(5)11-15-9-8-10-16(29-6)17(15)30-7/h8-10,24H,11-14H2,1-7H3,(H,23,28). The molecule has 2 fully saturated rings. The van der Waals surface area contributed by atoms with E-state index in [9.17, 15) is 9.59 Å². The largest absolute Gasteiger partial charge is 0.493 e. The fourth-order valence-electron chi connectivity index (χ4n) is 5.28. The summed E-state index contributed by atoms with van der Waals surface area (Å²) < 4.78 is 10.9. The Morgan fingerprint density at radius 3 is 2.27 bits per heavy atom. The molecule has 2 heterocycles. The molecule has 0 aromatic heterocycles. The maximum absolute atomic E-state index is 13.4. The number of ether oxygens (including phenoxy) is 2. The van der Waals surface area contributed by atoms with Gasteiger partial charge in [0.1, 0.15) is 5.54 Å². The van der Waals surface area contributed by atoms with Crippen LogP contribution in [0, 0.1) is 0 Å². The van der Waals surface area contributed by atoms with Crippen LogP contribution in [0.15, 0.2) is 18.2 Å². The average Bonchev–Trinajstić information content (AvgIpc) is 2.81. The summed E-state index contributed by atoms with van der Waals surface area (Å²) in [4.78, 5) is 29.5. The molecule has 0 saturated carbocycles. The van der Waals surface area contributed by atoms with Crippen molar-refractivity contribution in [1.29, 1.82) is 0 Å². The summed E-state index contributed by atoms with van der Waals surface area (Å²) in [5.41, 5.74) is -0.476. The highest BCUT2D eigenvalue weighted by Crippen LogP contribution is 2.40. The Balaban J connectivity index is 1.76. The van der Waals surface area contributed by atoms with Gasteiger partial charge in [0.2, 0.25) is 0 Å². The van der Waals surface area contributed by atoms with Crippen molar-refractivity contribution in [2.24, 2.45) is 0 Å². The maximum Gasteiger partial charge on any atom is 0.326 e. The van der Waals surface area contributed by atoms with Crippen molar-refractivity contribution in [1.82, 2.24) is 20.4 Å². The van der Waals surface area contributed by atoms with Gasteiger partial charge in [0.15, 0.2) is 11.5 Å². The smallest absolute Gasteiger partial charge is 0.326 e. The number of nitrogens with zero attached hydrogens (tertiary/aromatic N) is 2. The van der Waals surface area contributed by atoms with Crippen molar-refractivity contribution < 1.29 is 19.1 Å². The summed E-state index contributed by atoms with van der Waals surface area (Å²) in [7, 11) is 5.07. The van der Waals surface area contributed by atoms with E-state index in [0.717, 1.165) is 5.56 Å². The monoisotopic (exact) mass is 418 g/mol. The van der Waals surface area contributed by atoms with Crippen LogP contribution in [-0.2, 0) is 11.3 Å². The number of benzene rings is 1. The minimum atomic E-state index is -0.871. The highest BCUT2D eigenvalue weighted by Gasteiger charge is 2.58. The fraction of sp³-hybridized carbons (Fsp3) is 0.636. The SMILES string of the molecule is COc1cccc(CN(C)CN2C(=O)NC3(CC(C)(C)NC(C)(C)C3)C2=O)c1OC. The number of hydrogen-bond donors (Lipinski definition) is 2. The number of methoxy groups -OCH3 is 2.